The number of piperazine rings is 1. The van der Waals surface area contributed by atoms with Gasteiger partial charge in [-0.2, -0.15) is 13.2 Å². The van der Waals surface area contributed by atoms with E-state index in [2.05, 4.69) is 4.98 Å². The average molecular weight is 308 g/mol. The molecule has 0 unspecified atom stereocenters. The highest BCUT2D eigenvalue weighted by Crippen LogP contribution is 2.32. The molecule has 1 aliphatic rings. The molecule has 0 saturated carbocycles. The number of hydrogen-bond donors (Lipinski definition) is 0. The van der Waals surface area contributed by atoms with Gasteiger partial charge in [-0.05, 0) is 12.1 Å². The van der Waals surface area contributed by atoms with Crippen LogP contribution in [-0.2, 0) is 11.0 Å². The molecule has 2 heterocycles. The second-order valence-electron chi connectivity index (χ2n) is 4.53. The fourth-order valence-corrected chi connectivity index (χ4v) is 2.26. The van der Waals surface area contributed by atoms with Crippen molar-refractivity contribution in [2.75, 3.05) is 31.1 Å². The van der Waals surface area contributed by atoms with Crippen LogP contribution in [0.5, 0.6) is 0 Å². The maximum atomic E-state index is 12.7. The van der Waals surface area contributed by atoms with Crippen LogP contribution in [-0.4, -0.2) is 42.0 Å². The highest BCUT2D eigenvalue weighted by molar-refractivity contribution is 6.29. The number of nitrogens with zero attached hydrogens (tertiary/aromatic N) is 3. The third kappa shape index (κ3) is 3.33. The van der Waals surface area contributed by atoms with E-state index in [9.17, 15) is 18.0 Å². The van der Waals surface area contributed by atoms with Crippen molar-refractivity contribution in [1.82, 2.24) is 9.88 Å². The van der Waals surface area contributed by atoms with Gasteiger partial charge in [0.05, 0.1) is 5.56 Å². The maximum absolute atomic E-state index is 12.7. The SMILES string of the molecule is CC(=O)N1CCN(c2cc(C(F)(F)F)cc(Cl)n2)CC1. The summed E-state index contributed by atoms with van der Waals surface area (Å²) in [4.78, 5) is 18.5. The molecule has 20 heavy (non-hydrogen) atoms. The zero-order valence-electron chi connectivity index (χ0n) is 10.7. The van der Waals surface area contributed by atoms with E-state index in [4.69, 9.17) is 11.6 Å². The summed E-state index contributed by atoms with van der Waals surface area (Å²) in [6.07, 6.45) is -4.46. The molecule has 1 fully saturated rings. The van der Waals surface area contributed by atoms with Gasteiger partial charge in [0.2, 0.25) is 5.91 Å². The number of anilines is 1. The molecule has 0 aliphatic carbocycles. The van der Waals surface area contributed by atoms with Crippen LogP contribution in [0.3, 0.4) is 0 Å². The highest BCUT2D eigenvalue weighted by atomic mass is 35.5. The molecule has 1 amide bonds. The molecule has 2 rings (SSSR count). The first-order valence-electron chi connectivity index (χ1n) is 6.02. The Kier molecular flexibility index (Phi) is 4.08. The minimum absolute atomic E-state index is 0.0420. The fourth-order valence-electron chi connectivity index (χ4n) is 2.06. The van der Waals surface area contributed by atoms with E-state index in [1.807, 2.05) is 0 Å². The highest BCUT2D eigenvalue weighted by Gasteiger charge is 2.32. The van der Waals surface area contributed by atoms with Crippen molar-refractivity contribution in [3.05, 3.63) is 22.8 Å². The van der Waals surface area contributed by atoms with Gasteiger partial charge >= 0.3 is 6.18 Å². The number of carbonyl (C=O) groups is 1. The lowest BCUT2D eigenvalue weighted by Crippen LogP contribution is -2.48. The smallest absolute Gasteiger partial charge is 0.353 e. The van der Waals surface area contributed by atoms with Gasteiger partial charge in [0.1, 0.15) is 11.0 Å². The number of amides is 1. The Morgan fingerprint density at radius 1 is 1.25 bits per heavy atom. The third-order valence-electron chi connectivity index (χ3n) is 3.16. The summed E-state index contributed by atoms with van der Waals surface area (Å²) in [5.74, 6) is 0.146. The Morgan fingerprint density at radius 3 is 2.35 bits per heavy atom. The molecule has 1 aliphatic heterocycles. The lowest BCUT2D eigenvalue weighted by atomic mass is 10.2. The predicted octanol–water partition coefficient (Wildman–Crippen LogP) is 2.42. The number of rotatable bonds is 1. The summed E-state index contributed by atoms with van der Waals surface area (Å²) < 4.78 is 38.2. The van der Waals surface area contributed by atoms with Crippen molar-refractivity contribution in [3.8, 4) is 0 Å². The molecule has 0 atom stereocenters. The third-order valence-corrected chi connectivity index (χ3v) is 3.35. The van der Waals surface area contributed by atoms with Crippen LogP contribution in [0.2, 0.25) is 5.15 Å². The van der Waals surface area contributed by atoms with Gasteiger partial charge in [-0.1, -0.05) is 11.6 Å². The van der Waals surface area contributed by atoms with Gasteiger partial charge in [0, 0.05) is 33.1 Å². The van der Waals surface area contributed by atoms with Gasteiger partial charge < -0.3 is 9.80 Å². The number of alkyl halides is 3. The summed E-state index contributed by atoms with van der Waals surface area (Å²) in [5, 5.41) is -0.191. The van der Waals surface area contributed by atoms with Crippen molar-refractivity contribution < 1.29 is 18.0 Å². The first-order chi connectivity index (χ1) is 9.27. The molecule has 8 heteroatoms. The van der Waals surface area contributed by atoms with E-state index >= 15 is 0 Å². The normalized spacial score (nSPS) is 16.4. The number of hydrogen-bond acceptors (Lipinski definition) is 3. The first kappa shape index (κ1) is 14.9. The number of pyridine rings is 1. The minimum atomic E-state index is -4.46. The summed E-state index contributed by atoms with van der Waals surface area (Å²) in [6.45, 7) is 3.26. The van der Waals surface area contributed by atoms with Crippen LogP contribution in [0.4, 0.5) is 19.0 Å². The van der Waals surface area contributed by atoms with Gasteiger partial charge in [0.15, 0.2) is 0 Å². The molecule has 0 spiro atoms. The van der Waals surface area contributed by atoms with Crippen LogP contribution in [0.15, 0.2) is 12.1 Å². The Morgan fingerprint density at radius 2 is 1.85 bits per heavy atom. The first-order valence-corrected chi connectivity index (χ1v) is 6.40. The van der Waals surface area contributed by atoms with Crippen LogP contribution in [0.25, 0.3) is 0 Å². The second kappa shape index (κ2) is 5.47. The second-order valence-corrected chi connectivity index (χ2v) is 4.91. The molecule has 110 valence electrons. The molecule has 0 bridgehead atoms. The summed E-state index contributed by atoms with van der Waals surface area (Å²) in [7, 11) is 0. The Bertz CT molecular complexity index is 513. The monoisotopic (exact) mass is 307 g/mol. The molecule has 0 radical (unpaired) electrons. The Labute approximate surface area is 119 Å². The lowest BCUT2D eigenvalue weighted by Gasteiger charge is -2.35. The molecule has 1 aromatic rings. The number of aromatic nitrogens is 1. The zero-order chi connectivity index (χ0) is 14.9. The van der Waals surface area contributed by atoms with Gasteiger partial charge in [-0.25, -0.2) is 4.98 Å². The van der Waals surface area contributed by atoms with Crippen LogP contribution >= 0.6 is 11.6 Å². The standard InChI is InChI=1S/C12H13ClF3N3O/c1-8(20)18-2-4-19(5-3-18)11-7-9(12(14,15)16)6-10(13)17-11/h6-7H,2-5H2,1H3. The quantitative estimate of drug-likeness (QED) is 0.748. The van der Waals surface area contributed by atoms with E-state index in [0.29, 0.717) is 26.2 Å². The van der Waals surface area contributed by atoms with Crippen LogP contribution in [0, 0.1) is 0 Å². The molecule has 1 aromatic heterocycles. The fraction of sp³-hybridized carbons (Fsp3) is 0.500. The van der Waals surface area contributed by atoms with Crippen molar-refractivity contribution in [1.29, 1.82) is 0 Å². The van der Waals surface area contributed by atoms with E-state index in [1.165, 1.54) is 6.92 Å². The summed E-state index contributed by atoms with van der Waals surface area (Å²) in [6, 6.07) is 1.78. The lowest BCUT2D eigenvalue weighted by molar-refractivity contribution is -0.137. The van der Waals surface area contributed by atoms with Gasteiger partial charge in [-0.15, -0.1) is 0 Å². The molecule has 0 N–H and O–H groups in total. The van der Waals surface area contributed by atoms with E-state index in [0.717, 1.165) is 12.1 Å². The van der Waals surface area contributed by atoms with Crippen LogP contribution < -0.4 is 4.90 Å². The molecular formula is C12H13ClF3N3O. The van der Waals surface area contributed by atoms with Gasteiger partial charge in [-0.3, -0.25) is 4.79 Å². The van der Waals surface area contributed by atoms with Crippen molar-refractivity contribution in [3.63, 3.8) is 0 Å². The Balaban J connectivity index is 2.18. The summed E-state index contributed by atoms with van der Waals surface area (Å²) >= 11 is 5.65. The van der Waals surface area contributed by atoms with E-state index in [-0.39, 0.29) is 16.9 Å². The van der Waals surface area contributed by atoms with Gasteiger partial charge in [0.25, 0.3) is 0 Å². The molecule has 1 saturated heterocycles. The maximum Gasteiger partial charge on any atom is 0.416 e. The number of halogens is 4. The molecule has 4 nitrogen and oxygen atoms in total. The zero-order valence-corrected chi connectivity index (χ0v) is 11.5. The molecular weight excluding hydrogens is 295 g/mol. The van der Waals surface area contributed by atoms with E-state index < -0.39 is 11.7 Å². The summed E-state index contributed by atoms with van der Waals surface area (Å²) in [5.41, 5.74) is -0.818. The average Bonchev–Trinajstić information content (AvgIpc) is 2.37. The van der Waals surface area contributed by atoms with Crippen molar-refractivity contribution in [2.45, 2.75) is 13.1 Å². The predicted molar refractivity (Wildman–Crippen MR) is 68.7 cm³/mol. The van der Waals surface area contributed by atoms with Crippen molar-refractivity contribution >= 4 is 23.3 Å². The largest absolute Gasteiger partial charge is 0.416 e. The van der Waals surface area contributed by atoms with Crippen molar-refractivity contribution in [2.24, 2.45) is 0 Å². The van der Waals surface area contributed by atoms with E-state index in [1.54, 1.807) is 9.80 Å². The topological polar surface area (TPSA) is 36.4 Å². The Hall–Kier alpha value is -1.50. The minimum Gasteiger partial charge on any atom is -0.353 e. The van der Waals surface area contributed by atoms with Crippen LogP contribution in [0.1, 0.15) is 12.5 Å². The molecule has 0 aromatic carbocycles. The number of carbonyl (C=O) groups excluding carboxylic acids is 1.